The van der Waals surface area contributed by atoms with Gasteiger partial charge >= 0.3 is 0 Å². The number of nitrogens with two attached hydrogens (primary N) is 1. The lowest BCUT2D eigenvalue weighted by atomic mass is 9.87. The van der Waals surface area contributed by atoms with Crippen LogP contribution in [0.2, 0.25) is 0 Å². The third-order valence-corrected chi connectivity index (χ3v) is 2.99. The van der Waals surface area contributed by atoms with Crippen molar-refractivity contribution in [3.63, 3.8) is 0 Å². The van der Waals surface area contributed by atoms with Crippen LogP contribution in [0, 0.1) is 16.0 Å². The second-order valence-electron chi connectivity index (χ2n) is 4.31. The maximum Gasteiger partial charge on any atom is 0.294 e. The second-order valence-corrected chi connectivity index (χ2v) is 4.31. The Labute approximate surface area is 99.8 Å². The van der Waals surface area contributed by atoms with Crippen molar-refractivity contribution in [2.24, 2.45) is 11.7 Å². The van der Waals surface area contributed by atoms with Crippen LogP contribution in [0.3, 0.4) is 0 Å². The molecular weight excluding hydrogens is 226 g/mol. The molecule has 1 fully saturated rings. The number of nitrogens with zero attached hydrogens (tertiary/aromatic N) is 1. The van der Waals surface area contributed by atoms with Crippen molar-refractivity contribution < 1.29 is 14.7 Å². The van der Waals surface area contributed by atoms with Crippen LogP contribution in [0.25, 0.3) is 0 Å². The zero-order valence-corrected chi connectivity index (χ0v) is 9.76. The normalized spacial score (nSPS) is 24.1. The van der Waals surface area contributed by atoms with Crippen LogP contribution in [0.5, 0.6) is 0 Å². The topological polar surface area (TPSA) is 107 Å². The summed E-state index contributed by atoms with van der Waals surface area (Å²) < 4.78 is 0. The fourth-order valence-corrected chi connectivity index (χ4v) is 2.04. The largest absolute Gasteiger partial charge is 0.356 e. The lowest BCUT2D eigenvalue weighted by Gasteiger charge is -2.27. The molecule has 0 atom stereocenters. The summed E-state index contributed by atoms with van der Waals surface area (Å²) in [5, 5.41) is 12.2. The molecule has 1 aliphatic rings. The Hall–Kier alpha value is -1.37. The first-order valence-electron chi connectivity index (χ1n) is 5.89. The summed E-state index contributed by atoms with van der Waals surface area (Å²) in [4.78, 5) is 25.9. The van der Waals surface area contributed by atoms with E-state index in [9.17, 15) is 14.9 Å². The Bertz CT molecular complexity index is 264. The van der Waals surface area contributed by atoms with Gasteiger partial charge in [0.05, 0.1) is 0 Å². The van der Waals surface area contributed by atoms with E-state index in [4.69, 9.17) is 5.73 Å². The molecule has 1 aliphatic carbocycles. The number of carbonyl (C=O) groups is 1. The van der Waals surface area contributed by atoms with E-state index in [1.54, 1.807) is 0 Å². The summed E-state index contributed by atoms with van der Waals surface area (Å²) in [6.07, 6.45) is 3.13. The Balaban J connectivity index is 2.14. The molecule has 0 radical (unpaired) electrons. The average molecular weight is 245 g/mol. The molecule has 0 aromatic heterocycles. The number of amides is 1. The highest BCUT2D eigenvalue weighted by molar-refractivity contribution is 5.75. The van der Waals surface area contributed by atoms with E-state index in [0.717, 1.165) is 12.8 Å². The van der Waals surface area contributed by atoms with E-state index < -0.39 is 5.09 Å². The van der Waals surface area contributed by atoms with Gasteiger partial charge in [-0.1, -0.05) is 0 Å². The van der Waals surface area contributed by atoms with Crippen LogP contribution in [0.4, 0.5) is 0 Å². The number of rotatable bonds is 6. The Morgan fingerprint density at radius 1 is 1.41 bits per heavy atom. The summed E-state index contributed by atoms with van der Waals surface area (Å²) in [7, 11) is 0. The van der Waals surface area contributed by atoms with Gasteiger partial charge in [-0.05, 0) is 31.6 Å². The van der Waals surface area contributed by atoms with E-state index in [2.05, 4.69) is 10.2 Å². The minimum atomic E-state index is -0.728. The molecular formula is C10H19N3O4. The van der Waals surface area contributed by atoms with Crippen LogP contribution in [-0.4, -0.2) is 30.2 Å². The van der Waals surface area contributed by atoms with Gasteiger partial charge in [0.15, 0.2) is 0 Å². The van der Waals surface area contributed by atoms with Crippen molar-refractivity contribution in [1.82, 2.24) is 5.32 Å². The highest BCUT2D eigenvalue weighted by atomic mass is 17.0. The number of hydrogen-bond acceptors (Lipinski definition) is 5. The lowest BCUT2D eigenvalue weighted by molar-refractivity contribution is -0.769. The minimum absolute atomic E-state index is 0.0313. The van der Waals surface area contributed by atoms with Gasteiger partial charge in [-0.15, -0.1) is 10.1 Å². The molecule has 0 aromatic carbocycles. The van der Waals surface area contributed by atoms with Gasteiger partial charge in [0.1, 0.15) is 6.10 Å². The van der Waals surface area contributed by atoms with E-state index >= 15 is 0 Å². The summed E-state index contributed by atoms with van der Waals surface area (Å²) in [5.41, 5.74) is 5.26. The van der Waals surface area contributed by atoms with Gasteiger partial charge < -0.3 is 15.9 Å². The summed E-state index contributed by atoms with van der Waals surface area (Å²) in [6.45, 7) is 0.985. The van der Waals surface area contributed by atoms with E-state index in [1.165, 1.54) is 0 Å². The van der Waals surface area contributed by atoms with Crippen LogP contribution in [0.15, 0.2) is 0 Å². The highest BCUT2D eigenvalue weighted by Gasteiger charge is 2.23. The zero-order chi connectivity index (χ0) is 12.7. The average Bonchev–Trinajstić information content (AvgIpc) is 2.28. The SMILES string of the molecule is NCCC(=O)NCC1CCC(O[N+](=O)[O-])CC1. The molecule has 1 amide bonds. The van der Waals surface area contributed by atoms with Gasteiger partial charge in [0.2, 0.25) is 5.91 Å². The first-order valence-corrected chi connectivity index (χ1v) is 5.89. The molecule has 0 saturated heterocycles. The van der Waals surface area contributed by atoms with Crippen LogP contribution in [-0.2, 0) is 9.63 Å². The van der Waals surface area contributed by atoms with Crippen LogP contribution >= 0.6 is 0 Å². The fraction of sp³-hybridized carbons (Fsp3) is 0.900. The molecule has 0 bridgehead atoms. The van der Waals surface area contributed by atoms with Gasteiger partial charge in [-0.2, -0.15) is 0 Å². The number of nitrogens with one attached hydrogen (secondary N) is 1. The standard InChI is InChI=1S/C10H19N3O4/c11-6-5-10(14)12-7-8-1-3-9(4-2-8)17-13(15)16/h8-9H,1-7,11H2,(H,12,14). The molecule has 0 unspecified atom stereocenters. The van der Waals surface area contributed by atoms with Crippen molar-refractivity contribution in [1.29, 1.82) is 0 Å². The maximum absolute atomic E-state index is 11.2. The molecule has 17 heavy (non-hydrogen) atoms. The molecule has 0 spiro atoms. The Morgan fingerprint density at radius 3 is 2.59 bits per heavy atom. The quantitative estimate of drug-likeness (QED) is 0.514. The van der Waals surface area contributed by atoms with Gasteiger partial charge in [0.25, 0.3) is 5.09 Å². The Kier molecular flexibility index (Phi) is 5.68. The van der Waals surface area contributed by atoms with Crippen molar-refractivity contribution in [3.05, 3.63) is 10.1 Å². The van der Waals surface area contributed by atoms with Gasteiger partial charge in [-0.25, -0.2) is 0 Å². The third kappa shape index (κ3) is 5.48. The summed E-state index contributed by atoms with van der Waals surface area (Å²) >= 11 is 0. The molecule has 7 heteroatoms. The predicted molar refractivity (Wildman–Crippen MR) is 60.5 cm³/mol. The van der Waals surface area contributed by atoms with Crippen molar-refractivity contribution in [2.45, 2.75) is 38.2 Å². The highest BCUT2D eigenvalue weighted by Crippen LogP contribution is 2.25. The molecule has 0 aromatic rings. The summed E-state index contributed by atoms with van der Waals surface area (Å²) in [6, 6.07) is 0. The smallest absolute Gasteiger partial charge is 0.294 e. The van der Waals surface area contributed by atoms with Crippen molar-refractivity contribution in [2.75, 3.05) is 13.1 Å². The molecule has 1 saturated carbocycles. The van der Waals surface area contributed by atoms with Gasteiger partial charge in [0, 0.05) is 19.5 Å². The monoisotopic (exact) mass is 245 g/mol. The summed E-state index contributed by atoms with van der Waals surface area (Å²) in [5.74, 6) is 0.361. The third-order valence-electron chi connectivity index (χ3n) is 2.99. The molecule has 3 N–H and O–H groups in total. The first kappa shape index (κ1) is 13.7. The first-order chi connectivity index (χ1) is 8.11. The van der Waals surface area contributed by atoms with E-state index in [1.807, 2.05) is 0 Å². The molecule has 0 aliphatic heterocycles. The van der Waals surface area contributed by atoms with Crippen molar-refractivity contribution >= 4 is 5.91 Å². The number of hydrogen-bond donors (Lipinski definition) is 2. The molecule has 0 heterocycles. The second kappa shape index (κ2) is 7.05. The van der Waals surface area contributed by atoms with Crippen LogP contribution in [0.1, 0.15) is 32.1 Å². The number of carbonyl (C=O) groups excluding carboxylic acids is 1. The molecule has 1 rings (SSSR count). The predicted octanol–water partition coefficient (Wildman–Crippen LogP) is 0.219. The van der Waals surface area contributed by atoms with Crippen LogP contribution < -0.4 is 11.1 Å². The van der Waals surface area contributed by atoms with Crippen molar-refractivity contribution in [3.8, 4) is 0 Å². The minimum Gasteiger partial charge on any atom is -0.356 e. The van der Waals surface area contributed by atoms with E-state index in [-0.39, 0.29) is 12.0 Å². The lowest BCUT2D eigenvalue weighted by Crippen LogP contribution is -2.33. The van der Waals surface area contributed by atoms with Gasteiger partial charge in [-0.3, -0.25) is 4.79 Å². The fourth-order valence-electron chi connectivity index (χ4n) is 2.04. The van der Waals surface area contributed by atoms with E-state index in [0.29, 0.717) is 38.3 Å². The Morgan fingerprint density at radius 2 is 2.06 bits per heavy atom. The zero-order valence-electron chi connectivity index (χ0n) is 9.76. The molecule has 98 valence electrons. The maximum atomic E-state index is 11.2. The molecule has 7 nitrogen and oxygen atoms in total.